The number of rotatable bonds is 6. The Balaban J connectivity index is 1.34. The molecule has 1 fully saturated rings. The molecule has 8 heteroatoms. The largest absolute Gasteiger partial charge is 0.361 e. The standard InChI is InChI=1S/C23H24N4O3S/c1-16-14-19(26-30-16)15-31-22-20(8-5-11-24-22)23(29)27-12-9-18(10-13-27)25-21(28)17-6-3-2-4-7-17/h2-8,11,14,18H,9-10,12-13,15H2,1H3,(H,25,28). The van der Waals surface area contributed by atoms with Crippen molar-refractivity contribution in [1.82, 2.24) is 20.4 Å². The van der Waals surface area contributed by atoms with Crippen LogP contribution in [-0.4, -0.2) is 46.0 Å². The lowest BCUT2D eigenvalue weighted by molar-refractivity contribution is 0.0694. The molecule has 1 aliphatic heterocycles. The summed E-state index contributed by atoms with van der Waals surface area (Å²) in [5, 5.41) is 7.76. The van der Waals surface area contributed by atoms with Crippen LogP contribution in [0.2, 0.25) is 0 Å². The Kier molecular flexibility index (Phi) is 6.66. The normalized spacial score (nSPS) is 14.4. The second kappa shape index (κ2) is 9.78. The average molecular weight is 437 g/mol. The van der Waals surface area contributed by atoms with Gasteiger partial charge in [-0.15, -0.1) is 0 Å². The summed E-state index contributed by atoms with van der Waals surface area (Å²) in [6.07, 6.45) is 3.15. The van der Waals surface area contributed by atoms with E-state index in [-0.39, 0.29) is 17.9 Å². The summed E-state index contributed by atoms with van der Waals surface area (Å²) in [6, 6.07) is 14.7. The van der Waals surface area contributed by atoms with Crippen LogP contribution in [0, 0.1) is 6.92 Å². The molecule has 2 aromatic heterocycles. The number of aromatic nitrogens is 2. The second-order valence-corrected chi connectivity index (χ2v) is 8.44. The quantitative estimate of drug-likeness (QED) is 0.593. The van der Waals surface area contributed by atoms with Crippen LogP contribution >= 0.6 is 11.8 Å². The van der Waals surface area contributed by atoms with Gasteiger partial charge in [0, 0.05) is 42.7 Å². The Morgan fingerprint density at radius 3 is 2.65 bits per heavy atom. The summed E-state index contributed by atoms with van der Waals surface area (Å²) in [4.78, 5) is 31.8. The summed E-state index contributed by atoms with van der Waals surface area (Å²) < 4.78 is 5.10. The number of likely N-dealkylation sites (tertiary alicyclic amines) is 1. The van der Waals surface area contributed by atoms with Crippen LogP contribution in [0.25, 0.3) is 0 Å². The molecule has 0 aliphatic carbocycles. The first kappa shape index (κ1) is 21.1. The number of piperidine rings is 1. The molecule has 0 spiro atoms. The predicted molar refractivity (Wildman–Crippen MR) is 118 cm³/mol. The number of nitrogens with one attached hydrogen (secondary N) is 1. The summed E-state index contributed by atoms with van der Waals surface area (Å²) in [7, 11) is 0. The maximum absolute atomic E-state index is 13.1. The number of benzene rings is 1. The molecule has 1 N–H and O–H groups in total. The molecule has 7 nitrogen and oxygen atoms in total. The monoisotopic (exact) mass is 436 g/mol. The number of carbonyl (C=O) groups is 2. The zero-order chi connectivity index (χ0) is 21.6. The minimum absolute atomic E-state index is 0.0280. The van der Waals surface area contributed by atoms with Gasteiger partial charge in [-0.1, -0.05) is 35.1 Å². The summed E-state index contributed by atoms with van der Waals surface area (Å²) in [5.41, 5.74) is 2.07. The molecule has 3 heterocycles. The average Bonchev–Trinajstić information content (AvgIpc) is 3.23. The molecule has 160 valence electrons. The first-order chi connectivity index (χ1) is 15.1. The second-order valence-electron chi connectivity index (χ2n) is 7.48. The molecule has 1 aromatic carbocycles. The lowest BCUT2D eigenvalue weighted by atomic mass is 10.0. The Morgan fingerprint density at radius 1 is 1.16 bits per heavy atom. The van der Waals surface area contributed by atoms with Crippen LogP contribution in [-0.2, 0) is 5.75 Å². The molecule has 3 aromatic rings. The van der Waals surface area contributed by atoms with E-state index in [0.717, 1.165) is 24.3 Å². The molecule has 4 rings (SSSR count). The van der Waals surface area contributed by atoms with Gasteiger partial charge >= 0.3 is 0 Å². The number of hydrogen-bond donors (Lipinski definition) is 1. The first-order valence-corrected chi connectivity index (χ1v) is 11.2. The van der Waals surface area contributed by atoms with Crippen LogP contribution in [0.3, 0.4) is 0 Å². The Bertz CT molecular complexity index is 1050. The topological polar surface area (TPSA) is 88.3 Å². The van der Waals surface area contributed by atoms with Crippen molar-refractivity contribution < 1.29 is 14.1 Å². The zero-order valence-corrected chi connectivity index (χ0v) is 18.1. The van der Waals surface area contributed by atoms with Gasteiger partial charge in [0.1, 0.15) is 10.8 Å². The molecule has 0 atom stereocenters. The molecule has 0 unspecified atom stereocenters. The summed E-state index contributed by atoms with van der Waals surface area (Å²) in [5.74, 6) is 1.25. The number of thioether (sulfide) groups is 1. The van der Waals surface area contributed by atoms with Crippen LogP contribution in [0.15, 0.2) is 64.3 Å². The third-order valence-electron chi connectivity index (χ3n) is 5.19. The summed E-state index contributed by atoms with van der Waals surface area (Å²) in [6.45, 7) is 3.04. The molecule has 1 saturated heterocycles. The highest BCUT2D eigenvalue weighted by molar-refractivity contribution is 7.98. The van der Waals surface area contributed by atoms with Crippen LogP contribution in [0.5, 0.6) is 0 Å². The van der Waals surface area contributed by atoms with Crippen molar-refractivity contribution in [2.75, 3.05) is 13.1 Å². The molecule has 0 saturated carbocycles. The van der Waals surface area contributed by atoms with Gasteiger partial charge in [0.05, 0.1) is 11.3 Å². The molecule has 0 radical (unpaired) electrons. The number of nitrogens with zero attached hydrogens (tertiary/aromatic N) is 3. The van der Waals surface area contributed by atoms with E-state index in [2.05, 4.69) is 15.5 Å². The fourth-order valence-electron chi connectivity index (χ4n) is 3.55. The zero-order valence-electron chi connectivity index (χ0n) is 17.3. The first-order valence-electron chi connectivity index (χ1n) is 10.3. The van der Waals surface area contributed by atoms with Crippen LogP contribution in [0.1, 0.15) is 45.0 Å². The third kappa shape index (κ3) is 5.32. The van der Waals surface area contributed by atoms with Gasteiger partial charge in [-0.25, -0.2) is 4.98 Å². The number of carbonyl (C=O) groups excluding carboxylic acids is 2. The van der Waals surface area contributed by atoms with Crippen molar-refractivity contribution in [2.24, 2.45) is 0 Å². The molecular weight excluding hydrogens is 412 g/mol. The molecule has 2 amide bonds. The Labute approximate surface area is 185 Å². The van der Waals surface area contributed by atoms with Crippen LogP contribution < -0.4 is 5.32 Å². The fourth-order valence-corrected chi connectivity index (χ4v) is 4.42. The van der Waals surface area contributed by atoms with Crippen LogP contribution in [0.4, 0.5) is 0 Å². The highest BCUT2D eigenvalue weighted by Crippen LogP contribution is 2.26. The van der Waals surface area contributed by atoms with E-state index in [0.29, 0.717) is 35.0 Å². The number of pyridine rings is 1. The number of amides is 2. The summed E-state index contributed by atoms with van der Waals surface area (Å²) >= 11 is 1.47. The molecule has 0 bridgehead atoms. The minimum atomic E-state index is -0.0700. The lowest BCUT2D eigenvalue weighted by Crippen LogP contribution is -2.46. The van der Waals surface area contributed by atoms with Gasteiger partial charge in [0.25, 0.3) is 11.8 Å². The van der Waals surface area contributed by atoms with E-state index in [4.69, 9.17) is 4.52 Å². The van der Waals surface area contributed by atoms with Gasteiger partial charge in [-0.3, -0.25) is 9.59 Å². The Morgan fingerprint density at radius 2 is 1.94 bits per heavy atom. The molecule has 31 heavy (non-hydrogen) atoms. The molecule has 1 aliphatic rings. The SMILES string of the molecule is Cc1cc(CSc2ncccc2C(=O)N2CCC(NC(=O)c3ccccc3)CC2)no1. The van der Waals surface area contributed by atoms with Gasteiger partial charge in [0.15, 0.2) is 0 Å². The van der Waals surface area contributed by atoms with E-state index in [9.17, 15) is 9.59 Å². The number of aryl methyl sites for hydroxylation is 1. The van der Waals surface area contributed by atoms with Crippen molar-refractivity contribution >= 4 is 23.6 Å². The minimum Gasteiger partial charge on any atom is -0.361 e. The maximum atomic E-state index is 13.1. The van der Waals surface area contributed by atoms with Crippen molar-refractivity contribution in [3.05, 3.63) is 77.3 Å². The van der Waals surface area contributed by atoms with E-state index >= 15 is 0 Å². The smallest absolute Gasteiger partial charge is 0.256 e. The van der Waals surface area contributed by atoms with Crippen molar-refractivity contribution in [3.8, 4) is 0 Å². The Hall–Kier alpha value is -3.13. The van der Waals surface area contributed by atoms with Crippen molar-refractivity contribution in [1.29, 1.82) is 0 Å². The third-order valence-corrected chi connectivity index (χ3v) is 6.23. The van der Waals surface area contributed by atoms with Crippen molar-refractivity contribution in [2.45, 2.75) is 36.6 Å². The highest BCUT2D eigenvalue weighted by Gasteiger charge is 2.26. The van der Waals surface area contributed by atoms with E-state index in [1.54, 1.807) is 24.4 Å². The van der Waals surface area contributed by atoms with Gasteiger partial charge < -0.3 is 14.7 Å². The van der Waals surface area contributed by atoms with Gasteiger partial charge in [-0.05, 0) is 44.0 Å². The van der Waals surface area contributed by atoms with E-state index in [1.807, 2.05) is 42.2 Å². The maximum Gasteiger partial charge on any atom is 0.256 e. The number of hydrogen-bond acceptors (Lipinski definition) is 6. The lowest BCUT2D eigenvalue weighted by Gasteiger charge is -2.32. The molecular formula is C23H24N4O3S. The fraction of sp³-hybridized carbons (Fsp3) is 0.304. The van der Waals surface area contributed by atoms with Gasteiger partial charge in [-0.2, -0.15) is 0 Å². The van der Waals surface area contributed by atoms with E-state index < -0.39 is 0 Å². The van der Waals surface area contributed by atoms with Gasteiger partial charge in [0.2, 0.25) is 0 Å². The predicted octanol–water partition coefficient (Wildman–Crippen LogP) is 3.70. The van der Waals surface area contributed by atoms with E-state index in [1.165, 1.54) is 11.8 Å². The van der Waals surface area contributed by atoms with Crippen molar-refractivity contribution in [3.63, 3.8) is 0 Å². The highest BCUT2D eigenvalue weighted by atomic mass is 32.2.